The number of likely N-dealkylation sites (tertiary alicyclic amines) is 1. The first-order chi connectivity index (χ1) is 11.8. The second-order valence-corrected chi connectivity index (χ2v) is 6.25. The van der Waals surface area contributed by atoms with Crippen molar-refractivity contribution in [3.63, 3.8) is 0 Å². The largest absolute Gasteiger partial charge is 0.481 e. The van der Waals surface area contributed by atoms with Gasteiger partial charge in [0, 0.05) is 19.2 Å². The van der Waals surface area contributed by atoms with E-state index in [0.29, 0.717) is 35.4 Å². The molecular formula is C18H24N2O5. The van der Waals surface area contributed by atoms with E-state index >= 15 is 0 Å². The molecule has 0 aliphatic carbocycles. The number of nitrogens with zero attached hydrogens (tertiary/aromatic N) is 1. The van der Waals surface area contributed by atoms with Gasteiger partial charge >= 0.3 is 5.97 Å². The predicted octanol–water partition coefficient (Wildman–Crippen LogP) is 1.51. The van der Waals surface area contributed by atoms with Crippen molar-refractivity contribution in [2.45, 2.75) is 39.2 Å². The summed E-state index contributed by atoms with van der Waals surface area (Å²) in [7, 11) is 1.57. The Morgan fingerprint density at radius 3 is 2.44 bits per heavy atom. The molecule has 0 radical (unpaired) electrons. The summed E-state index contributed by atoms with van der Waals surface area (Å²) in [6.07, 6.45) is 2.45. The molecule has 1 aliphatic heterocycles. The smallest absolute Gasteiger partial charge is 0.341 e. The summed E-state index contributed by atoms with van der Waals surface area (Å²) in [4.78, 5) is 37.3. The van der Waals surface area contributed by atoms with Gasteiger partial charge in [0.2, 0.25) is 5.91 Å². The third-order valence-corrected chi connectivity index (χ3v) is 4.36. The van der Waals surface area contributed by atoms with Crippen LogP contribution in [0, 0.1) is 13.8 Å². The van der Waals surface area contributed by atoms with Crippen LogP contribution in [0.25, 0.3) is 0 Å². The average molecular weight is 348 g/mol. The molecular weight excluding hydrogens is 324 g/mol. The molecule has 1 fully saturated rings. The first-order valence-corrected chi connectivity index (χ1v) is 8.33. The lowest BCUT2D eigenvalue weighted by molar-refractivity contribution is -0.139. The number of carboxylic acids is 1. The van der Waals surface area contributed by atoms with Crippen molar-refractivity contribution in [3.8, 4) is 5.75 Å². The topological polar surface area (TPSA) is 95.9 Å². The number of aryl methyl sites for hydroxylation is 2. The quantitative estimate of drug-likeness (QED) is 0.841. The third-order valence-electron chi connectivity index (χ3n) is 4.36. The molecule has 2 amide bonds. The van der Waals surface area contributed by atoms with Crippen molar-refractivity contribution < 1.29 is 24.2 Å². The zero-order chi connectivity index (χ0) is 18.6. The van der Waals surface area contributed by atoms with Gasteiger partial charge in [0.1, 0.15) is 11.8 Å². The van der Waals surface area contributed by atoms with Crippen LogP contribution in [0.4, 0.5) is 0 Å². The van der Waals surface area contributed by atoms with Crippen LogP contribution >= 0.6 is 0 Å². The van der Waals surface area contributed by atoms with E-state index in [1.54, 1.807) is 37.9 Å². The van der Waals surface area contributed by atoms with Gasteiger partial charge in [0.25, 0.3) is 5.91 Å². The molecule has 1 aliphatic rings. The first kappa shape index (κ1) is 18.8. The van der Waals surface area contributed by atoms with E-state index in [0.717, 1.165) is 12.8 Å². The molecule has 1 atom stereocenters. The van der Waals surface area contributed by atoms with Gasteiger partial charge in [-0.25, -0.2) is 4.79 Å². The van der Waals surface area contributed by atoms with Gasteiger partial charge in [-0.2, -0.15) is 0 Å². The number of nitrogens with one attached hydrogen (secondary N) is 1. The summed E-state index contributed by atoms with van der Waals surface area (Å²) in [6, 6.07) is 2.92. The molecule has 0 aromatic heterocycles. The number of piperidine rings is 1. The molecule has 0 saturated carbocycles. The van der Waals surface area contributed by atoms with Crippen molar-refractivity contribution in [2.75, 3.05) is 20.2 Å². The maximum Gasteiger partial charge on any atom is 0.341 e. The SMILES string of the molecule is CNC(=O)[C@@H]1CCCCN1C(=O)c1cc(C)c(OCC(=O)O)c(C)c1. The molecule has 1 aromatic rings. The molecule has 1 saturated heterocycles. The summed E-state index contributed by atoms with van der Waals surface area (Å²) >= 11 is 0. The van der Waals surface area contributed by atoms with Crippen molar-refractivity contribution in [2.24, 2.45) is 0 Å². The van der Waals surface area contributed by atoms with Gasteiger partial charge < -0.3 is 20.1 Å². The molecule has 1 aromatic carbocycles. The molecule has 1 heterocycles. The monoisotopic (exact) mass is 348 g/mol. The van der Waals surface area contributed by atoms with Crippen LogP contribution in [0.3, 0.4) is 0 Å². The Balaban J connectivity index is 2.26. The Labute approximate surface area is 147 Å². The normalized spacial score (nSPS) is 17.1. The molecule has 2 N–H and O–H groups in total. The highest BCUT2D eigenvalue weighted by molar-refractivity contribution is 5.98. The lowest BCUT2D eigenvalue weighted by Crippen LogP contribution is -2.51. The summed E-state index contributed by atoms with van der Waals surface area (Å²) in [5.74, 6) is -0.923. The Kier molecular flexibility index (Phi) is 6.01. The summed E-state index contributed by atoms with van der Waals surface area (Å²) < 4.78 is 5.30. The van der Waals surface area contributed by atoms with E-state index in [-0.39, 0.29) is 11.8 Å². The molecule has 25 heavy (non-hydrogen) atoms. The molecule has 7 heteroatoms. The number of aliphatic carboxylic acids is 1. The van der Waals surface area contributed by atoms with E-state index in [2.05, 4.69) is 5.32 Å². The van der Waals surface area contributed by atoms with Crippen LogP contribution in [0.2, 0.25) is 0 Å². The minimum Gasteiger partial charge on any atom is -0.481 e. The van der Waals surface area contributed by atoms with Gasteiger partial charge in [-0.05, 0) is 56.4 Å². The van der Waals surface area contributed by atoms with Gasteiger partial charge in [0.05, 0.1) is 0 Å². The fraction of sp³-hybridized carbons (Fsp3) is 0.500. The molecule has 136 valence electrons. The Bertz CT molecular complexity index is 663. The highest BCUT2D eigenvalue weighted by atomic mass is 16.5. The van der Waals surface area contributed by atoms with Crippen molar-refractivity contribution in [1.82, 2.24) is 10.2 Å². The standard InChI is InChI=1S/C18H24N2O5/c1-11-8-13(9-12(2)16(11)25-10-15(21)22)18(24)20-7-5-4-6-14(20)17(23)19-3/h8-9,14H,4-7,10H2,1-3H3,(H,19,23)(H,21,22)/t14-/m0/s1. The van der Waals surface area contributed by atoms with Gasteiger partial charge in [-0.1, -0.05) is 0 Å². The van der Waals surface area contributed by atoms with Crippen LogP contribution in [-0.2, 0) is 9.59 Å². The zero-order valence-corrected chi connectivity index (χ0v) is 14.8. The number of rotatable bonds is 5. The number of carbonyl (C=O) groups is 3. The fourth-order valence-electron chi connectivity index (χ4n) is 3.21. The van der Waals surface area contributed by atoms with Crippen molar-refractivity contribution in [3.05, 3.63) is 28.8 Å². The van der Waals surface area contributed by atoms with E-state index in [4.69, 9.17) is 9.84 Å². The van der Waals surface area contributed by atoms with Crippen LogP contribution < -0.4 is 10.1 Å². The molecule has 0 unspecified atom stereocenters. The van der Waals surface area contributed by atoms with Gasteiger partial charge in [-0.15, -0.1) is 0 Å². The first-order valence-electron chi connectivity index (χ1n) is 8.33. The maximum atomic E-state index is 12.9. The van der Waals surface area contributed by atoms with Gasteiger partial charge in [-0.3, -0.25) is 9.59 Å². The summed E-state index contributed by atoms with van der Waals surface area (Å²) in [5, 5.41) is 11.4. The third kappa shape index (κ3) is 4.29. The number of amides is 2. The van der Waals surface area contributed by atoms with E-state index in [9.17, 15) is 14.4 Å². The predicted molar refractivity (Wildman–Crippen MR) is 91.8 cm³/mol. The molecule has 0 spiro atoms. The second kappa shape index (κ2) is 8.00. The number of ether oxygens (including phenoxy) is 1. The molecule has 0 bridgehead atoms. The number of likely N-dealkylation sites (N-methyl/N-ethyl adjacent to an activating group) is 1. The molecule has 2 rings (SSSR count). The van der Waals surface area contributed by atoms with Crippen molar-refractivity contribution >= 4 is 17.8 Å². The summed E-state index contributed by atoms with van der Waals surface area (Å²) in [5.41, 5.74) is 1.87. The van der Waals surface area contributed by atoms with Crippen LogP contribution in [0.15, 0.2) is 12.1 Å². The lowest BCUT2D eigenvalue weighted by Gasteiger charge is -2.34. The van der Waals surface area contributed by atoms with Crippen LogP contribution in [0.5, 0.6) is 5.75 Å². The maximum absolute atomic E-state index is 12.9. The molecule has 7 nitrogen and oxygen atoms in total. The number of carbonyl (C=O) groups excluding carboxylic acids is 2. The minimum absolute atomic E-state index is 0.150. The second-order valence-electron chi connectivity index (χ2n) is 6.25. The van der Waals surface area contributed by atoms with Crippen molar-refractivity contribution in [1.29, 1.82) is 0 Å². The van der Waals surface area contributed by atoms with E-state index < -0.39 is 18.6 Å². The zero-order valence-electron chi connectivity index (χ0n) is 14.8. The Morgan fingerprint density at radius 1 is 1.24 bits per heavy atom. The van der Waals surface area contributed by atoms with Gasteiger partial charge in [0.15, 0.2) is 6.61 Å². The van der Waals surface area contributed by atoms with Crippen LogP contribution in [-0.4, -0.2) is 54.0 Å². The van der Waals surface area contributed by atoms with Crippen LogP contribution in [0.1, 0.15) is 40.7 Å². The Morgan fingerprint density at radius 2 is 1.88 bits per heavy atom. The number of hydrogen-bond acceptors (Lipinski definition) is 4. The average Bonchev–Trinajstić information content (AvgIpc) is 2.59. The highest BCUT2D eigenvalue weighted by Crippen LogP contribution is 2.27. The number of carboxylic acid groups (broad SMARTS) is 1. The number of benzene rings is 1. The van der Waals surface area contributed by atoms with E-state index in [1.807, 2.05) is 0 Å². The fourth-order valence-corrected chi connectivity index (χ4v) is 3.21. The van der Waals surface area contributed by atoms with E-state index in [1.165, 1.54) is 0 Å². The minimum atomic E-state index is -1.05. The highest BCUT2D eigenvalue weighted by Gasteiger charge is 2.32. The lowest BCUT2D eigenvalue weighted by atomic mass is 9.98. The summed E-state index contributed by atoms with van der Waals surface area (Å²) in [6.45, 7) is 3.66. The Hall–Kier alpha value is -2.57. The number of hydrogen-bond donors (Lipinski definition) is 2.